The Labute approximate surface area is 116 Å². The molecule has 0 aromatic rings. The average Bonchev–Trinajstić information content (AvgIpc) is 2.75. The second-order valence-corrected chi connectivity index (χ2v) is 7.71. The zero-order valence-electron chi connectivity index (χ0n) is 12.2. The van der Waals surface area contributed by atoms with Crippen LogP contribution in [0.15, 0.2) is 11.6 Å². The maximum atomic E-state index is 12.3. The van der Waals surface area contributed by atoms with E-state index in [2.05, 4.69) is 13.0 Å². The number of fused-ring (bicyclic) bond motifs is 5. The topological polar surface area (TPSA) is 17.1 Å². The van der Waals surface area contributed by atoms with Gasteiger partial charge in [-0.3, -0.25) is 4.79 Å². The summed E-state index contributed by atoms with van der Waals surface area (Å²) in [4.78, 5) is 12.3. The van der Waals surface area contributed by atoms with E-state index in [0.717, 1.165) is 30.1 Å². The molecule has 0 heterocycles. The minimum atomic E-state index is 0.0665. The summed E-state index contributed by atoms with van der Waals surface area (Å²) < 4.78 is 0. The third-order valence-electron chi connectivity index (χ3n) is 7.09. The highest BCUT2D eigenvalue weighted by atomic mass is 16.1. The molecule has 3 saturated carbocycles. The first-order valence-corrected chi connectivity index (χ1v) is 8.42. The summed E-state index contributed by atoms with van der Waals surface area (Å²) in [5.41, 5.74) is 1.86. The second-order valence-electron chi connectivity index (χ2n) is 7.71. The molecule has 4 aliphatic rings. The van der Waals surface area contributed by atoms with Crippen molar-refractivity contribution in [3.8, 4) is 0 Å². The minimum Gasteiger partial charge on any atom is -0.299 e. The van der Waals surface area contributed by atoms with Crippen LogP contribution in [0.25, 0.3) is 0 Å². The van der Waals surface area contributed by atoms with Crippen molar-refractivity contribution >= 4 is 5.78 Å². The molecule has 19 heavy (non-hydrogen) atoms. The minimum absolute atomic E-state index is 0.0665. The van der Waals surface area contributed by atoms with Gasteiger partial charge in [0.25, 0.3) is 0 Å². The third kappa shape index (κ3) is 1.63. The van der Waals surface area contributed by atoms with Crippen molar-refractivity contribution in [3.63, 3.8) is 0 Å². The summed E-state index contributed by atoms with van der Waals surface area (Å²) in [5.74, 6) is 3.99. The molecule has 0 radical (unpaired) electrons. The van der Waals surface area contributed by atoms with Crippen LogP contribution in [0.1, 0.15) is 64.7 Å². The number of ketones is 1. The standard InChI is InChI=1S/C18H26O/c1-18-11-10-14-13-5-3-2-4-12(13)6-7-15(14)16(18)8-9-17(18)19/h4,13-16H,2-3,5-11H2,1H3/t13-,14-,15-,16+,18+/m1/s1. The van der Waals surface area contributed by atoms with Crippen molar-refractivity contribution < 1.29 is 4.79 Å². The van der Waals surface area contributed by atoms with Crippen LogP contribution < -0.4 is 0 Å². The monoisotopic (exact) mass is 258 g/mol. The van der Waals surface area contributed by atoms with Gasteiger partial charge in [0.05, 0.1) is 0 Å². The lowest BCUT2D eigenvalue weighted by Crippen LogP contribution is -2.46. The molecule has 0 saturated heterocycles. The predicted octanol–water partition coefficient (Wildman–Crippen LogP) is 4.52. The second kappa shape index (κ2) is 4.20. The lowest BCUT2D eigenvalue weighted by atomic mass is 9.52. The molecule has 1 heteroatoms. The molecule has 0 aromatic carbocycles. The number of rotatable bonds is 0. The fourth-order valence-electron chi connectivity index (χ4n) is 6.07. The Kier molecular flexibility index (Phi) is 2.69. The fourth-order valence-corrected chi connectivity index (χ4v) is 6.07. The lowest BCUT2D eigenvalue weighted by Gasteiger charge is -2.52. The maximum absolute atomic E-state index is 12.3. The average molecular weight is 258 g/mol. The Morgan fingerprint density at radius 3 is 2.89 bits per heavy atom. The maximum Gasteiger partial charge on any atom is 0.139 e. The number of carbonyl (C=O) groups excluding carboxylic acids is 1. The van der Waals surface area contributed by atoms with E-state index < -0.39 is 0 Å². The molecule has 104 valence electrons. The van der Waals surface area contributed by atoms with Gasteiger partial charge in [0.2, 0.25) is 0 Å². The molecular formula is C18H26O. The van der Waals surface area contributed by atoms with Gasteiger partial charge in [0.15, 0.2) is 0 Å². The third-order valence-corrected chi connectivity index (χ3v) is 7.09. The Balaban J connectivity index is 1.65. The van der Waals surface area contributed by atoms with E-state index >= 15 is 0 Å². The van der Waals surface area contributed by atoms with Crippen LogP contribution in [0.3, 0.4) is 0 Å². The van der Waals surface area contributed by atoms with Gasteiger partial charge in [-0.1, -0.05) is 18.6 Å². The van der Waals surface area contributed by atoms with E-state index in [9.17, 15) is 4.79 Å². The van der Waals surface area contributed by atoms with Crippen LogP contribution in [0.4, 0.5) is 0 Å². The summed E-state index contributed by atoms with van der Waals surface area (Å²) in [6.45, 7) is 2.29. The Morgan fingerprint density at radius 1 is 1.11 bits per heavy atom. The Morgan fingerprint density at radius 2 is 2.00 bits per heavy atom. The van der Waals surface area contributed by atoms with Crippen LogP contribution >= 0.6 is 0 Å². The van der Waals surface area contributed by atoms with Gasteiger partial charge in [-0.25, -0.2) is 0 Å². The highest BCUT2D eigenvalue weighted by molar-refractivity contribution is 5.87. The van der Waals surface area contributed by atoms with E-state index in [1.165, 1.54) is 51.4 Å². The number of hydrogen-bond donors (Lipinski definition) is 0. The highest BCUT2D eigenvalue weighted by Gasteiger charge is 2.55. The first-order valence-electron chi connectivity index (χ1n) is 8.42. The molecule has 0 amide bonds. The first-order chi connectivity index (χ1) is 9.20. The molecule has 4 rings (SSSR count). The number of carbonyl (C=O) groups is 1. The van der Waals surface area contributed by atoms with E-state index in [1.54, 1.807) is 5.57 Å². The van der Waals surface area contributed by atoms with Crippen LogP contribution in [-0.4, -0.2) is 5.78 Å². The number of Topliss-reactive ketones (excluding diaryl/α,β-unsaturated/α-hetero) is 1. The van der Waals surface area contributed by atoms with Gasteiger partial charge >= 0.3 is 0 Å². The van der Waals surface area contributed by atoms with Gasteiger partial charge in [-0.05, 0) is 75.0 Å². The summed E-state index contributed by atoms with van der Waals surface area (Å²) in [6.07, 6.45) is 14.0. The zero-order valence-corrected chi connectivity index (χ0v) is 12.2. The van der Waals surface area contributed by atoms with Crippen LogP contribution in [0, 0.1) is 29.1 Å². The molecule has 4 aliphatic carbocycles. The van der Waals surface area contributed by atoms with Gasteiger partial charge in [0.1, 0.15) is 5.78 Å². The van der Waals surface area contributed by atoms with Crippen LogP contribution in [0.2, 0.25) is 0 Å². The Bertz CT molecular complexity index is 435. The molecule has 5 atom stereocenters. The van der Waals surface area contributed by atoms with Gasteiger partial charge < -0.3 is 0 Å². The summed E-state index contributed by atoms with van der Waals surface area (Å²) in [7, 11) is 0. The first kappa shape index (κ1) is 12.2. The van der Waals surface area contributed by atoms with Crippen molar-refractivity contribution in [1.29, 1.82) is 0 Å². The molecule has 3 fully saturated rings. The normalized spacial score (nSPS) is 49.1. The van der Waals surface area contributed by atoms with Crippen molar-refractivity contribution in [2.24, 2.45) is 29.1 Å². The zero-order chi connectivity index (χ0) is 13.0. The number of allylic oxidation sites excluding steroid dienone is 2. The molecule has 0 aromatic heterocycles. The Hall–Kier alpha value is -0.590. The molecule has 0 aliphatic heterocycles. The van der Waals surface area contributed by atoms with Gasteiger partial charge in [0, 0.05) is 11.8 Å². The number of hydrogen-bond acceptors (Lipinski definition) is 1. The van der Waals surface area contributed by atoms with Crippen molar-refractivity contribution in [2.75, 3.05) is 0 Å². The van der Waals surface area contributed by atoms with E-state index in [-0.39, 0.29) is 5.41 Å². The molecular weight excluding hydrogens is 232 g/mol. The quantitative estimate of drug-likeness (QED) is 0.584. The van der Waals surface area contributed by atoms with Crippen molar-refractivity contribution in [3.05, 3.63) is 11.6 Å². The molecule has 0 N–H and O–H groups in total. The lowest BCUT2D eigenvalue weighted by molar-refractivity contribution is -0.131. The van der Waals surface area contributed by atoms with Crippen LogP contribution in [0.5, 0.6) is 0 Å². The van der Waals surface area contributed by atoms with Crippen LogP contribution in [-0.2, 0) is 4.79 Å². The smallest absolute Gasteiger partial charge is 0.139 e. The van der Waals surface area contributed by atoms with Crippen molar-refractivity contribution in [1.82, 2.24) is 0 Å². The predicted molar refractivity (Wildman–Crippen MR) is 76.7 cm³/mol. The summed E-state index contributed by atoms with van der Waals surface area (Å²) >= 11 is 0. The van der Waals surface area contributed by atoms with Gasteiger partial charge in [-0.2, -0.15) is 0 Å². The molecule has 0 unspecified atom stereocenters. The van der Waals surface area contributed by atoms with E-state index in [0.29, 0.717) is 5.78 Å². The van der Waals surface area contributed by atoms with E-state index in [4.69, 9.17) is 0 Å². The molecule has 0 bridgehead atoms. The fraction of sp³-hybridized carbons (Fsp3) is 0.833. The van der Waals surface area contributed by atoms with E-state index in [1.807, 2.05) is 0 Å². The highest BCUT2D eigenvalue weighted by Crippen LogP contribution is 2.60. The summed E-state index contributed by atoms with van der Waals surface area (Å²) in [5, 5.41) is 0. The summed E-state index contributed by atoms with van der Waals surface area (Å²) in [6, 6.07) is 0. The largest absolute Gasteiger partial charge is 0.299 e. The SMILES string of the molecule is C[C@]12CC[C@H]3[C@@H](CCC4=CCCC[C@H]43)[C@@H]1CCC2=O. The van der Waals surface area contributed by atoms with Gasteiger partial charge in [-0.15, -0.1) is 0 Å². The molecule has 1 nitrogen and oxygen atoms in total. The van der Waals surface area contributed by atoms with Crippen molar-refractivity contribution in [2.45, 2.75) is 64.7 Å². The molecule has 0 spiro atoms.